The molecule has 3 aromatic heterocycles. The number of H-pyrrole nitrogens is 2. The smallest absolute Gasteiger partial charge is 0.290 e. The van der Waals surface area contributed by atoms with Crippen molar-refractivity contribution in [1.29, 1.82) is 0 Å². The van der Waals surface area contributed by atoms with Crippen LogP contribution in [0.5, 0.6) is 0 Å². The molecule has 8 nitrogen and oxygen atoms in total. The standard InChI is InChI=1S/C8H6N6O2/c15-7-5-6(11-8(16)12-7)13(4-9-5)14-3-1-2-10-14/h1-4H,(H2,11,12,15,16). The Kier molecular flexibility index (Phi) is 1.58. The number of imidazole rings is 1. The fourth-order valence-electron chi connectivity index (χ4n) is 1.47. The summed E-state index contributed by atoms with van der Waals surface area (Å²) in [6.07, 6.45) is 4.65. The summed E-state index contributed by atoms with van der Waals surface area (Å²) in [4.78, 5) is 32.5. The minimum absolute atomic E-state index is 0.162. The molecule has 3 heterocycles. The topological polar surface area (TPSA) is 101 Å². The highest BCUT2D eigenvalue weighted by Crippen LogP contribution is 2.02. The van der Waals surface area contributed by atoms with Gasteiger partial charge >= 0.3 is 5.69 Å². The summed E-state index contributed by atoms with van der Waals surface area (Å²) in [7, 11) is 0. The second-order valence-corrected chi connectivity index (χ2v) is 3.12. The van der Waals surface area contributed by atoms with E-state index in [9.17, 15) is 9.59 Å². The fourth-order valence-corrected chi connectivity index (χ4v) is 1.47. The van der Waals surface area contributed by atoms with Crippen molar-refractivity contribution in [2.75, 3.05) is 0 Å². The summed E-state index contributed by atoms with van der Waals surface area (Å²) in [6, 6.07) is 1.72. The molecule has 80 valence electrons. The van der Waals surface area contributed by atoms with Crippen LogP contribution in [0, 0.1) is 0 Å². The second-order valence-electron chi connectivity index (χ2n) is 3.12. The van der Waals surface area contributed by atoms with E-state index in [2.05, 4.69) is 20.1 Å². The Bertz CT molecular complexity index is 747. The monoisotopic (exact) mass is 218 g/mol. The van der Waals surface area contributed by atoms with Crippen molar-refractivity contribution >= 4 is 11.2 Å². The van der Waals surface area contributed by atoms with E-state index in [4.69, 9.17) is 0 Å². The molecule has 0 aliphatic rings. The van der Waals surface area contributed by atoms with Crippen LogP contribution in [-0.2, 0) is 0 Å². The number of rotatable bonds is 1. The summed E-state index contributed by atoms with van der Waals surface area (Å²) < 4.78 is 1.46. The minimum Gasteiger partial charge on any atom is -0.290 e. The Morgan fingerprint density at radius 2 is 2.12 bits per heavy atom. The molecule has 16 heavy (non-hydrogen) atoms. The van der Waals surface area contributed by atoms with Crippen molar-refractivity contribution in [1.82, 2.24) is 29.5 Å². The molecule has 0 radical (unpaired) electrons. The molecule has 0 fully saturated rings. The quantitative estimate of drug-likeness (QED) is 0.542. The predicted molar refractivity (Wildman–Crippen MR) is 54.0 cm³/mol. The zero-order chi connectivity index (χ0) is 11.1. The van der Waals surface area contributed by atoms with Gasteiger partial charge in [-0.2, -0.15) is 9.89 Å². The third-order valence-electron chi connectivity index (χ3n) is 2.13. The van der Waals surface area contributed by atoms with Crippen molar-refractivity contribution in [3.63, 3.8) is 0 Å². The highest BCUT2D eigenvalue weighted by atomic mass is 16.2. The minimum atomic E-state index is -0.577. The van der Waals surface area contributed by atoms with Gasteiger partial charge in [-0.25, -0.2) is 14.5 Å². The Hall–Kier alpha value is -2.64. The number of aromatic nitrogens is 6. The molecule has 0 aromatic carbocycles. The summed E-state index contributed by atoms with van der Waals surface area (Å²) in [5, 5.41) is 3.97. The van der Waals surface area contributed by atoms with E-state index >= 15 is 0 Å². The molecule has 0 aliphatic heterocycles. The van der Waals surface area contributed by atoms with Crippen molar-refractivity contribution in [2.45, 2.75) is 0 Å². The number of nitrogens with zero attached hydrogens (tertiary/aromatic N) is 4. The van der Waals surface area contributed by atoms with E-state index < -0.39 is 11.2 Å². The van der Waals surface area contributed by atoms with E-state index in [-0.39, 0.29) is 5.52 Å². The number of fused-ring (bicyclic) bond motifs is 1. The first-order valence-electron chi connectivity index (χ1n) is 4.45. The Morgan fingerprint density at radius 3 is 2.88 bits per heavy atom. The molecule has 0 amide bonds. The van der Waals surface area contributed by atoms with Gasteiger partial charge in [0.2, 0.25) is 0 Å². The molecule has 0 saturated carbocycles. The normalized spacial score (nSPS) is 11.0. The average molecular weight is 218 g/mol. The van der Waals surface area contributed by atoms with Crippen LogP contribution in [0.25, 0.3) is 11.2 Å². The lowest BCUT2D eigenvalue weighted by atomic mass is 10.5. The molecular weight excluding hydrogens is 212 g/mol. The molecule has 0 unspecified atom stereocenters. The molecule has 8 heteroatoms. The number of hydrogen-bond donors (Lipinski definition) is 2. The maximum absolute atomic E-state index is 11.4. The van der Waals surface area contributed by atoms with Crippen LogP contribution in [0.1, 0.15) is 0 Å². The zero-order valence-electron chi connectivity index (χ0n) is 7.91. The lowest BCUT2D eigenvalue weighted by molar-refractivity contribution is 0.585. The van der Waals surface area contributed by atoms with E-state index in [1.165, 1.54) is 15.8 Å². The van der Waals surface area contributed by atoms with Crippen LogP contribution in [0.3, 0.4) is 0 Å². The van der Waals surface area contributed by atoms with E-state index in [0.29, 0.717) is 5.65 Å². The van der Waals surface area contributed by atoms with Crippen molar-refractivity contribution in [2.24, 2.45) is 0 Å². The first-order chi connectivity index (χ1) is 7.75. The van der Waals surface area contributed by atoms with Crippen molar-refractivity contribution < 1.29 is 0 Å². The summed E-state index contributed by atoms with van der Waals surface area (Å²) in [6.45, 7) is 0. The third kappa shape index (κ3) is 1.10. The van der Waals surface area contributed by atoms with Crippen LogP contribution < -0.4 is 11.2 Å². The first kappa shape index (κ1) is 8.65. The molecule has 0 atom stereocenters. The number of aromatic amines is 2. The summed E-state index contributed by atoms with van der Waals surface area (Å²) in [5.74, 6) is 0. The van der Waals surface area contributed by atoms with Crippen LogP contribution in [-0.4, -0.2) is 29.5 Å². The van der Waals surface area contributed by atoms with Crippen molar-refractivity contribution in [3.8, 4) is 0 Å². The predicted octanol–water partition coefficient (Wildman–Crippen LogP) is -1.08. The molecule has 0 saturated heterocycles. The highest BCUT2D eigenvalue weighted by molar-refractivity contribution is 5.68. The Morgan fingerprint density at radius 1 is 1.25 bits per heavy atom. The molecule has 3 rings (SSSR count). The summed E-state index contributed by atoms with van der Waals surface area (Å²) in [5.41, 5.74) is -0.636. The Labute approximate surface area is 87.1 Å². The van der Waals surface area contributed by atoms with Gasteiger partial charge in [0.05, 0.1) is 6.20 Å². The SMILES string of the molecule is O=c1[nH]c(=O)c2ncn(-n3cccn3)c2[nH]1. The molecular formula is C8H6N6O2. The lowest BCUT2D eigenvalue weighted by Crippen LogP contribution is -2.23. The van der Waals surface area contributed by atoms with Gasteiger partial charge in [0.15, 0.2) is 11.2 Å². The molecule has 3 aromatic rings. The largest absolute Gasteiger partial charge is 0.327 e. The highest BCUT2D eigenvalue weighted by Gasteiger charge is 2.08. The molecule has 0 bridgehead atoms. The van der Waals surface area contributed by atoms with Crippen LogP contribution in [0.4, 0.5) is 0 Å². The lowest BCUT2D eigenvalue weighted by Gasteiger charge is -2.01. The third-order valence-corrected chi connectivity index (χ3v) is 2.13. The molecule has 0 spiro atoms. The number of nitrogens with one attached hydrogen (secondary N) is 2. The van der Waals surface area contributed by atoms with Gasteiger partial charge in [-0.15, -0.1) is 0 Å². The van der Waals surface area contributed by atoms with Gasteiger partial charge in [-0.1, -0.05) is 0 Å². The Balaban J connectivity index is 2.45. The molecule has 2 N–H and O–H groups in total. The van der Waals surface area contributed by atoms with Gasteiger partial charge in [-0.3, -0.25) is 14.8 Å². The van der Waals surface area contributed by atoms with E-state index in [0.717, 1.165) is 0 Å². The van der Waals surface area contributed by atoms with Gasteiger partial charge in [0, 0.05) is 6.20 Å². The molecule has 0 aliphatic carbocycles. The maximum atomic E-state index is 11.4. The average Bonchev–Trinajstić information content (AvgIpc) is 2.83. The van der Waals surface area contributed by atoms with Crippen LogP contribution in [0.2, 0.25) is 0 Å². The van der Waals surface area contributed by atoms with E-state index in [1.807, 2.05) is 0 Å². The van der Waals surface area contributed by atoms with Crippen LogP contribution >= 0.6 is 0 Å². The van der Waals surface area contributed by atoms with Gasteiger partial charge in [0.1, 0.15) is 6.33 Å². The van der Waals surface area contributed by atoms with E-state index in [1.54, 1.807) is 18.5 Å². The number of hydrogen-bond acceptors (Lipinski definition) is 4. The van der Waals surface area contributed by atoms with Gasteiger partial charge in [-0.05, 0) is 6.07 Å². The van der Waals surface area contributed by atoms with Gasteiger partial charge in [0.25, 0.3) is 5.56 Å². The van der Waals surface area contributed by atoms with Gasteiger partial charge < -0.3 is 0 Å². The maximum Gasteiger partial charge on any atom is 0.327 e. The fraction of sp³-hybridized carbons (Fsp3) is 0. The zero-order valence-corrected chi connectivity index (χ0v) is 7.91. The second kappa shape index (κ2) is 2.92. The van der Waals surface area contributed by atoms with Crippen LogP contribution in [0.15, 0.2) is 34.4 Å². The summed E-state index contributed by atoms with van der Waals surface area (Å²) >= 11 is 0. The first-order valence-corrected chi connectivity index (χ1v) is 4.45. The van der Waals surface area contributed by atoms with Crippen molar-refractivity contribution in [3.05, 3.63) is 45.6 Å².